The molecule has 1 aliphatic rings. The quantitative estimate of drug-likeness (QED) is 0.476. The molecule has 1 amide bonds. The number of aromatic nitrogens is 3. The van der Waals surface area contributed by atoms with E-state index in [1.807, 2.05) is 35.8 Å². The van der Waals surface area contributed by atoms with E-state index in [9.17, 15) is 9.59 Å². The van der Waals surface area contributed by atoms with Crippen LogP contribution in [-0.2, 0) is 17.8 Å². The van der Waals surface area contributed by atoms with Gasteiger partial charge in [-0.15, -0.1) is 10.2 Å². The zero-order valence-corrected chi connectivity index (χ0v) is 17.0. The number of anilines is 1. The monoisotopic (exact) mass is 408 g/mol. The smallest absolute Gasteiger partial charge is 0.228 e. The first-order valence-corrected chi connectivity index (χ1v) is 10.2. The highest BCUT2D eigenvalue weighted by molar-refractivity contribution is 7.99. The highest BCUT2D eigenvalue weighted by Gasteiger charge is 2.20. The molecule has 29 heavy (non-hydrogen) atoms. The fourth-order valence-corrected chi connectivity index (χ4v) is 4.15. The number of amides is 1. The van der Waals surface area contributed by atoms with Gasteiger partial charge < -0.3 is 14.6 Å². The number of carbonyl (C=O) groups excluding carboxylic acids is 2. The molecule has 0 fully saturated rings. The number of thioether (sulfide) groups is 1. The predicted molar refractivity (Wildman–Crippen MR) is 112 cm³/mol. The van der Waals surface area contributed by atoms with Crippen LogP contribution in [0.2, 0.25) is 0 Å². The molecule has 1 aromatic heterocycles. The standard InChI is InChI=1S/C21H20N4O3S/c1-3-25-20(13-4-7-16(28-2)8-5-13)23-24-21(25)29-12-18(26)14-6-9-17-15(10-14)11-19(27)22-17/h4-10H,3,11-12H2,1-2H3,(H,22,27). The maximum absolute atomic E-state index is 12.6. The Hall–Kier alpha value is -3.13. The van der Waals surface area contributed by atoms with Crippen molar-refractivity contribution in [2.24, 2.45) is 0 Å². The summed E-state index contributed by atoms with van der Waals surface area (Å²) in [5.74, 6) is 1.74. The summed E-state index contributed by atoms with van der Waals surface area (Å²) in [6.07, 6.45) is 0.318. The Balaban J connectivity index is 1.48. The molecule has 0 saturated heterocycles. The van der Waals surface area contributed by atoms with E-state index >= 15 is 0 Å². The van der Waals surface area contributed by atoms with Gasteiger partial charge in [-0.2, -0.15) is 0 Å². The highest BCUT2D eigenvalue weighted by atomic mass is 32.2. The van der Waals surface area contributed by atoms with Crippen LogP contribution in [-0.4, -0.2) is 39.3 Å². The van der Waals surface area contributed by atoms with E-state index in [0.29, 0.717) is 23.7 Å². The van der Waals surface area contributed by atoms with Crippen molar-refractivity contribution in [3.05, 3.63) is 53.6 Å². The first kappa shape index (κ1) is 19.2. The summed E-state index contributed by atoms with van der Waals surface area (Å²) in [4.78, 5) is 24.1. The van der Waals surface area contributed by atoms with Crippen molar-refractivity contribution in [1.82, 2.24) is 14.8 Å². The van der Waals surface area contributed by atoms with Crippen molar-refractivity contribution in [1.29, 1.82) is 0 Å². The van der Waals surface area contributed by atoms with E-state index in [4.69, 9.17) is 4.74 Å². The zero-order chi connectivity index (χ0) is 20.4. The molecular weight excluding hydrogens is 388 g/mol. The Labute approximate surface area is 172 Å². The topological polar surface area (TPSA) is 86.1 Å². The van der Waals surface area contributed by atoms with E-state index in [-0.39, 0.29) is 17.4 Å². The minimum atomic E-state index is -0.0407. The number of hydrogen-bond donors (Lipinski definition) is 1. The molecule has 3 aromatic rings. The molecule has 148 valence electrons. The van der Waals surface area contributed by atoms with Crippen molar-refractivity contribution < 1.29 is 14.3 Å². The molecule has 2 heterocycles. The third-order valence-corrected chi connectivity index (χ3v) is 5.73. The number of hydrogen-bond acceptors (Lipinski definition) is 6. The maximum atomic E-state index is 12.6. The van der Waals surface area contributed by atoms with Crippen LogP contribution in [0.3, 0.4) is 0 Å². The molecule has 2 aromatic carbocycles. The second-order valence-corrected chi connectivity index (χ2v) is 7.53. The largest absolute Gasteiger partial charge is 0.497 e. The molecule has 0 radical (unpaired) electrons. The Morgan fingerprint density at radius 1 is 1.21 bits per heavy atom. The lowest BCUT2D eigenvalue weighted by atomic mass is 10.1. The van der Waals surface area contributed by atoms with E-state index in [1.165, 1.54) is 11.8 Å². The summed E-state index contributed by atoms with van der Waals surface area (Å²) >= 11 is 1.36. The molecule has 0 aliphatic carbocycles. The van der Waals surface area contributed by atoms with Crippen LogP contribution >= 0.6 is 11.8 Å². The van der Waals surface area contributed by atoms with Crippen LogP contribution < -0.4 is 10.1 Å². The lowest BCUT2D eigenvalue weighted by molar-refractivity contribution is -0.115. The number of fused-ring (bicyclic) bond motifs is 1. The average molecular weight is 408 g/mol. The van der Waals surface area contributed by atoms with E-state index in [2.05, 4.69) is 15.5 Å². The Bertz CT molecular complexity index is 1080. The van der Waals surface area contributed by atoms with Crippen LogP contribution in [0.15, 0.2) is 47.6 Å². The van der Waals surface area contributed by atoms with Crippen molar-refractivity contribution >= 4 is 29.1 Å². The fraction of sp³-hybridized carbons (Fsp3) is 0.238. The number of nitrogens with zero attached hydrogens (tertiary/aromatic N) is 3. The Morgan fingerprint density at radius 2 is 2.00 bits per heavy atom. The fourth-order valence-electron chi connectivity index (χ4n) is 3.25. The number of ether oxygens (including phenoxy) is 1. The first-order valence-electron chi connectivity index (χ1n) is 9.25. The highest BCUT2D eigenvalue weighted by Crippen LogP contribution is 2.27. The zero-order valence-electron chi connectivity index (χ0n) is 16.1. The van der Waals surface area contributed by atoms with E-state index in [0.717, 1.165) is 28.4 Å². The van der Waals surface area contributed by atoms with Gasteiger partial charge in [0.15, 0.2) is 16.8 Å². The summed E-state index contributed by atoms with van der Waals surface area (Å²) in [6.45, 7) is 2.71. The number of carbonyl (C=O) groups is 2. The van der Waals surface area contributed by atoms with E-state index in [1.54, 1.807) is 25.3 Å². The Morgan fingerprint density at radius 3 is 2.72 bits per heavy atom. The van der Waals surface area contributed by atoms with Gasteiger partial charge in [0.25, 0.3) is 0 Å². The number of benzene rings is 2. The van der Waals surface area contributed by atoms with Gasteiger partial charge >= 0.3 is 0 Å². The summed E-state index contributed by atoms with van der Waals surface area (Å²) in [5, 5.41) is 12.1. The third kappa shape index (κ3) is 3.88. The van der Waals surface area contributed by atoms with Crippen LogP contribution in [0.5, 0.6) is 5.75 Å². The molecule has 0 spiro atoms. The number of methoxy groups -OCH3 is 1. The molecule has 8 heteroatoms. The molecule has 1 aliphatic heterocycles. The number of rotatable bonds is 7. The van der Waals surface area contributed by atoms with Crippen molar-refractivity contribution in [2.75, 3.05) is 18.2 Å². The van der Waals surface area contributed by atoms with Crippen LogP contribution in [0.25, 0.3) is 11.4 Å². The van der Waals surface area contributed by atoms with Crippen molar-refractivity contribution in [3.8, 4) is 17.1 Å². The van der Waals surface area contributed by atoms with Gasteiger partial charge in [-0.25, -0.2) is 0 Å². The minimum absolute atomic E-state index is 0.00574. The second kappa shape index (κ2) is 8.08. The van der Waals surface area contributed by atoms with Crippen LogP contribution in [0, 0.1) is 0 Å². The third-order valence-electron chi connectivity index (χ3n) is 4.77. The van der Waals surface area contributed by atoms with Crippen LogP contribution in [0.1, 0.15) is 22.8 Å². The minimum Gasteiger partial charge on any atom is -0.497 e. The number of nitrogens with one attached hydrogen (secondary N) is 1. The van der Waals surface area contributed by atoms with Gasteiger partial charge in [-0.05, 0) is 55.0 Å². The van der Waals surface area contributed by atoms with Crippen molar-refractivity contribution in [2.45, 2.75) is 25.0 Å². The maximum Gasteiger partial charge on any atom is 0.228 e. The Kier molecular flexibility index (Phi) is 5.35. The summed E-state index contributed by atoms with van der Waals surface area (Å²) in [7, 11) is 1.63. The van der Waals surface area contributed by atoms with Crippen LogP contribution in [0.4, 0.5) is 5.69 Å². The molecule has 7 nitrogen and oxygen atoms in total. The summed E-state index contributed by atoms with van der Waals surface area (Å²) in [5.41, 5.74) is 3.19. The summed E-state index contributed by atoms with van der Waals surface area (Å²) in [6, 6.07) is 13.0. The molecule has 0 unspecified atom stereocenters. The van der Waals surface area contributed by atoms with Gasteiger partial charge in [-0.1, -0.05) is 11.8 Å². The lowest BCUT2D eigenvalue weighted by Gasteiger charge is -2.08. The second-order valence-electron chi connectivity index (χ2n) is 6.59. The van der Waals surface area contributed by atoms with Gasteiger partial charge in [-0.3, -0.25) is 9.59 Å². The molecule has 1 N–H and O–H groups in total. The number of Topliss-reactive ketones (excluding diaryl/α,β-unsaturated/α-hetero) is 1. The lowest BCUT2D eigenvalue weighted by Crippen LogP contribution is -2.05. The van der Waals surface area contributed by atoms with Gasteiger partial charge in [0.2, 0.25) is 5.91 Å². The normalized spacial score (nSPS) is 12.6. The predicted octanol–water partition coefficient (Wildman–Crippen LogP) is 3.44. The summed E-state index contributed by atoms with van der Waals surface area (Å²) < 4.78 is 7.19. The van der Waals surface area contributed by atoms with Gasteiger partial charge in [0.1, 0.15) is 5.75 Å². The molecule has 0 atom stereocenters. The van der Waals surface area contributed by atoms with Crippen molar-refractivity contribution in [3.63, 3.8) is 0 Å². The van der Waals surface area contributed by atoms with Gasteiger partial charge in [0.05, 0.1) is 19.3 Å². The first-order chi connectivity index (χ1) is 14.1. The average Bonchev–Trinajstić information content (AvgIpc) is 3.33. The molecule has 0 bridgehead atoms. The number of ketones is 1. The SMILES string of the molecule is CCn1c(SCC(=O)c2ccc3c(c2)CC(=O)N3)nnc1-c1ccc(OC)cc1. The molecular formula is C21H20N4O3S. The van der Waals surface area contributed by atoms with E-state index < -0.39 is 0 Å². The molecule has 0 saturated carbocycles. The van der Waals surface area contributed by atoms with Gasteiger partial charge in [0, 0.05) is 23.4 Å². The molecule has 4 rings (SSSR count).